The van der Waals surface area contributed by atoms with Crippen molar-refractivity contribution in [1.82, 2.24) is 0 Å². The highest BCUT2D eigenvalue weighted by Crippen LogP contribution is 2.16. The Bertz CT molecular complexity index is 598. The van der Waals surface area contributed by atoms with Crippen LogP contribution in [0.3, 0.4) is 0 Å². The van der Waals surface area contributed by atoms with Crippen molar-refractivity contribution in [3.05, 3.63) is 69.2 Å². The highest BCUT2D eigenvalue weighted by atomic mass is 79.9. The van der Waals surface area contributed by atoms with Gasteiger partial charge in [-0.25, -0.2) is 0 Å². The first kappa shape index (κ1) is 12.9. The molecular formula is C17H15Br. The molecule has 0 heterocycles. The third-order valence-electron chi connectivity index (χ3n) is 2.84. The number of hydrogen-bond acceptors (Lipinski definition) is 0. The summed E-state index contributed by atoms with van der Waals surface area (Å²) in [5, 5.41) is 0. The first-order chi connectivity index (χ1) is 8.69. The SMILES string of the molecule is CCc1cc(Br)ccc1C#Cc1ccc(C)cc1. The van der Waals surface area contributed by atoms with Gasteiger partial charge in [0, 0.05) is 15.6 Å². The molecule has 0 nitrogen and oxygen atoms in total. The lowest BCUT2D eigenvalue weighted by Gasteiger charge is -2.01. The van der Waals surface area contributed by atoms with Crippen LogP contribution in [0.15, 0.2) is 46.9 Å². The molecule has 0 bridgehead atoms. The van der Waals surface area contributed by atoms with E-state index in [4.69, 9.17) is 0 Å². The van der Waals surface area contributed by atoms with Crippen molar-refractivity contribution in [2.24, 2.45) is 0 Å². The van der Waals surface area contributed by atoms with Crippen LogP contribution in [0.25, 0.3) is 0 Å². The molecular weight excluding hydrogens is 284 g/mol. The molecule has 0 N–H and O–H groups in total. The standard InChI is InChI=1S/C17H15Br/c1-3-15-12-17(18)11-10-16(15)9-8-14-6-4-13(2)5-7-14/h4-7,10-12H,3H2,1-2H3. The second kappa shape index (κ2) is 5.89. The number of hydrogen-bond donors (Lipinski definition) is 0. The van der Waals surface area contributed by atoms with E-state index in [0.29, 0.717) is 0 Å². The smallest absolute Gasteiger partial charge is 0.0281 e. The Kier molecular flexibility index (Phi) is 4.23. The lowest BCUT2D eigenvalue weighted by molar-refractivity contribution is 1.13. The van der Waals surface area contributed by atoms with Crippen molar-refractivity contribution in [2.75, 3.05) is 0 Å². The summed E-state index contributed by atoms with van der Waals surface area (Å²) in [7, 11) is 0. The second-order valence-electron chi connectivity index (χ2n) is 4.27. The zero-order valence-electron chi connectivity index (χ0n) is 10.6. The molecule has 2 aromatic carbocycles. The summed E-state index contributed by atoms with van der Waals surface area (Å²) in [6, 6.07) is 14.6. The van der Waals surface area contributed by atoms with Crippen LogP contribution in [0.2, 0.25) is 0 Å². The molecule has 2 aromatic rings. The Balaban J connectivity index is 2.32. The van der Waals surface area contributed by atoms with Crippen LogP contribution in [0.4, 0.5) is 0 Å². The van der Waals surface area contributed by atoms with Gasteiger partial charge < -0.3 is 0 Å². The minimum atomic E-state index is 0.997. The van der Waals surface area contributed by atoms with Gasteiger partial charge in [-0.1, -0.05) is 52.4 Å². The van der Waals surface area contributed by atoms with E-state index >= 15 is 0 Å². The quantitative estimate of drug-likeness (QED) is 0.668. The van der Waals surface area contributed by atoms with E-state index in [9.17, 15) is 0 Å². The maximum Gasteiger partial charge on any atom is 0.0281 e. The predicted molar refractivity (Wildman–Crippen MR) is 80.7 cm³/mol. The average Bonchev–Trinajstić information content (AvgIpc) is 2.39. The molecule has 0 saturated carbocycles. The van der Waals surface area contributed by atoms with Gasteiger partial charge in [0.25, 0.3) is 0 Å². The lowest BCUT2D eigenvalue weighted by atomic mass is 10.1. The van der Waals surface area contributed by atoms with E-state index in [2.05, 4.69) is 78.0 Å². The fourth-order valence-electron chi connectivity index (χ4n) is 1.75. The molecule has 0 fully saturated rings. The normalized spacial score (nSPS) is 9.72. The first-order valence-electron chi connectivity index (χ1n) is 6.06. The van der Waals surface area contributed by atoms with Crippen LogP contribution in [0, 0.1) is 18.8 Å². The summed E-state index contributed by atoms with van der Waals surface area (Å²) >= 11 is 3.49. The summed E-state index contributed by atoms with van der Waals surface area (Å²) in [4.78, 5) is 0. The second-order valence-corrected chi connectivity index (χ2v) is 5.19. The highest BCUT2D eigenvalue weighted by Gasteiger charge is 1.98. The Hall–Kier alpha value is -1.52. The summed E-state index contributed by atoms with van der Waals surface area (Å²) in [5.74, 6) is 6.47. The molecule has 0 amide bonds. The van der Waals surface area contributed by atoms with Crippen molar-refractivity contribution >= 4 is 15.9 Å². The van der Waals surface area contributed by atoms with Crippen LogP contribution in [-0.4, -0.2) is 0 Å². The number of rotatable bonds is 1. The highest BCUT2D eigenvalue weighted by molar-refractivity contribution is 9.10. The predicted octanol–water partition coefficient (Wildman–Crippen LogP) is 4.72. The first-order valence-corrected chi connectivity index (χ1v) is 6.85. The van der Waals surface area contributed by atoms with Gasteiger partial charge in [0.05, 0.1) is 0 Å². The van der Waals surface area contributed by atoms with E-state index in [1.165, 1.54) is 11.1 Å². The molecule has 90 valence electrons. The minimum Gasteiger partial charge on any atom is -0.0616 e. The van der Waals surface area contributed by atoms with Gasteiger partial charge in [-0.3, -0.25) is 0 Å². The number of aryl methyl sites for hydroxylation is 2. The van der Waals surface area contributed by atoms with Gasteiger partial charge in [-0.2, -0.15) is 0 Å². The van der Waals surface area contributed by atoms with Gasteiger partial charge in [0.2, 0.25) is 0 Å². The van der Waals surface area contributed by atoms with Crippen LogP contribution in [0.5, 0.6) is 0 Å². The van der Waals surface area contributed by atoms with Gasteiger partial charge in [0.15, 0.2) is 0 Å². The Labute approximate surface area is 117 Å². The van der Waals surface area contributed by atoms with Gasteiger partial charge >= 0.3 is 0 Å². The van der Waals surface area contributed by atoms with Gasteiger partial charge in [-0.15, -0.1) is 0 Å². The maximum atomic E-state index is 3.49. The molecule has 0 aliphatic rings. The van der Waals surface area contributed by atoms with Gasteiger partial charge in [0.1, 0.15) is 0 Å². The van der Waals surface area contributed by atoms with Crippen molar-refractivity contribution < 1.29 is 0 Å². The number of halogens is 1. The molecule has 0 spiro atoms. The van der Waals surface area contributed by atoms with Crippen molar-refractivity contribution in [2.45, 2.75) is 20.3 Å². The van der Waals surface area contributed by atoms with Crippen LogP contribution in [0.1, 0.15) is 29.2 Å². The largest absolute Gasteiger partial charge is 0.0616 e. The Morgan fingerprint density at radius 2 is 1.72 bits per heavy atom. The van der Waals surface area contributed by atoms with Crippen LogP contribution in [-0.2, 0) is 6.42 Å². The molecule has 0 aromatic heterocycles. The summed E-state index contributed by atoms with van der Waals surface area (Å²) < 4.78 is 1.11. The molecule has 0 saturated heterocycles. The van der Waals surface area contributed by atoms with Gasteiger partial charge in [-0.05, 0) is 49.2 Å². The molecule has 0 atom stereocenters. The van der Waals surface area contributed by atoms with Crippen molar-refractivity contribution in [3.63, 3.8) is 0 Å². The van der Waals surface area contributed by atoms with E-state index in [1.807, 2.05) is 6.07 Å². The Morgan fingerprint density at radius 1 is 1.00 bits per heavy atom. The minimum absolute atomic E-state index is 0.997. The zero-order chi connectivity index (χ0) is 13.0. The van der Waals surface area contributed by atoms with E-state index < -0.39 is 0 Å². The molecule has 0 aliphatic heterocycles. The van der Waals surface area contributed by atoms with Crippen LogP contribution >= 0.6 is 15.9 Å². The third-order valence-corrected chi connectivity index (χ3v) is 3.33. The molecule has 1 heteroatoms. The molecule has 0 unspecified atom stereocenters. The molecule has 2 rings (SSSR count). The molecule has 0 aliphatic carbocycles. The molecule has 18 heavy (non-hydrogen) atoms. The van der Waals surface area contributed by atoms with E-state index in [-0.39, 0.29) is 0 Å². The fourth-order valence-corrected chi connectivity index (χ4v) is 2.16. The van der Waals surface area contributed by atoms with E-state index in [0.717, 1.165) is 22.0 Å². The van der Waals surface area contributed by atoms with Crippen molar-refractivity contribution in [3.8, 4) is 11.8 Å². The van der Waals surface area contributed by atoms with Crippen molar-refractivity contribution in [1.29, 1.82) is 0 Å². The topological polar surface area (TPSA) is 0 Å². The zero-order valence-corrected chi connectivity index (χ0v) is 12.2. The maximum absolute atomic E-state index is 3.49. The summed E-state index contributed by atoms with van der Waals surface area (Å²) in [6.45, 7) is 4.24. The lowest BCUT2D eigenvalue weighted by Crippen LogP contribution is -1.87. The fraction of sp³-hybridized carbons (Fsp3) is 0.176. The number of benzene rings is 2. The van der Waals surface area contributed by atoms with E-state index in [1.54, 1.807) is 0 Å². The summed E-state index contributed by atoms with van der Waals surface area (Å²) in [6.07, 6.45) is 0.997. The summed E-state index contributed by atoms with van der Waals surface area (Å²) in [5.41, 5.74) is 4.72. The average molecular weight is 299 g/mol. The van der Waals surface area contributed by atoms with Crippen LogP contribution < -0.4 is 0 Å². The Morgan fingerprint density at radius 3 is 2.39 bits per heavy atom. The molecule has 0 radical (unpaired) electrons. The third kappa shape index (κ3) is 3.24. The monoisotopic (exact) mass is 298 g/mol.